The minimum atomic E-state index is 0.114. The van der Waals surface area contributed by atoms with Crippen molar-refractivity contribution in [2.24, 2.45) is 5.41 Å². The molecule has 1 spiro atoms. The average molecular weight is 313 g/mol. The first kappa shape index (κ1) is 14.8. The summed E-state index contributed by atoms with van der Waals surface area (Å²) in [7, 11) is 0. The lowest BCUT2D eigenvalue weighted by Gasteiger charge is -2.32. The Kier molecular flexibility index (Phi) is 3.70. The second-order valence-electron chi connectivity index (χ2n) is 7.03. The van der Waals surface area contributed by atoms with Gasteiger partial charge in [-0.25, -0.2) is 0 Å². The molecule has 2 heterocycles. The maximum atomic E-state index is 9.11. The lowest BCUT2D eigenvalue weighted by Crippen LogP contribution is -2.34. The molecule has 1 saturated carbocycles. The average Bonchev–Trinajstić information content (AvgIpc) is 3.10. The van der Waals surface area contributed by atoms with Crippen LogP contribution in [0.4, 0.5) is 0 Å². The van der Waals surface area contributed by atoms with Gasteiger partial charge in [-0.1, -0.05) is 24.3 Å². The van der Waals surface area contributed by atoms with Crippen LogP contribution in [0.1, 0.15) is 48.1 Å². The van der Waals surface area contributed by atoms with Gasteiger partial charge in [0, 0.05) is 19.4 Å². The molecule has 1 saturated heterocycles. The maximum Gasteiger partial charge on any atom is 0.220 e. The Morgan fingerprint density at radius 2 is 1.87 bits per heavy atom. The van der Waals surface area contributed by atoms with Crippen molar-refractivity contribution in [3.05, 3.63) is 47.2 Å². The molecule has 1 aromatic heterocycles. The number of hydrogen-bond acceptors (Lipinski definition) is 5. The first-order chi connectivity index (χ1) is 11.2. The highest BCUT2D eigenvalue weighted by atomic mass is 16.4. The van der Waals surface area contributed by atoms with Crippen LogP contribution in [0.5, 0.6) is 0 Å². The quantitative estimate of drug-likeness (QED) is 0.940. The van der Waals surface area contributed by atoms with Crippen molar-refractivity contribution in [3.63, 3.8) is 0 Å². The number of piperidine rings is 1. The van der Waals surface area contributed by atoms with E-state index >= 15 is 0 Å². The molecule has 5 heteroatoms. The van der Waals surface area contributed by atoms with E-state index in [1.165, 1.54) is 24.8 Å². The Morgan fingerprint density at radius 1 is 1.17 bits per heavy atom. The van der Waals surface area contributed by atoms with E-state index in [-0.39, 0.29) is 6.61 Å². The summed E-state index contributed by atoms with van der Waals surface area (Å²) in [5, 5.41) is 17.3. The second kappa shape index (κ2) is 5.73. The van der Waals surface area contributed by atoms with Crippen LogP contribution in [0.2, 0.25) is 0 Å². The largest absolute Gasteiger partial charge is 0.425 e. The van der Waals surface area contributed by atoms with Gasteiger partial charge in [0.05, 0.1) is 6.61 Å². The molecule has 1 aliphatic carbocycles. The number of aryl methyl sites for hydroxylation is 1. The molecule has 1 unspecified atom stereocenters. The second-order valence-corrected chi connectivity index (χ2v) is 7.03. The van der Waals surface area contributed by atoms with Crippen molar-refractivity contribution in [2.45, 2.75) is 45.3 Å². The normalized spacial score (nSPS) is 23.3. The van der Waals surface area contributed by atoms with E-state index in [0.29, 0.717) is 17.2 Å². The van der Waals surface area contributed by atoms with E-state index in [0.717, 1.165) is 31.1 Å². The molecule has 0 amide bonds. The Labute approximate surface area is 136 Å². The molecular weight excluding hydrogens is 290 g/mol. The van der Waals surface area contributed by atoms with E-state index < -0.39 is 0 Å². The fourth-order valence-corrected chi connectivity index (χ4v) is 3.87. The smallest absolute Gasteiger partial charge is 0.220 e. The fraction of sp³-hybridized carbons (Fsp3) is 0.556. The van der Waals surface area contributed by atoms with Crippen LogP contribution >= 0.6 is 0 Å². The number of benzene rings is 1. The molecule has 2 fully saturated rings. The summed E-state index contributed by atoms with van der Waals surface area (Å²) >= 11 is 0. The van der Waals surface area contributed by atoms with Crippen molar-refractivity contribution in [1.29, 1.82) is 0 Å². The Bertz CT molecular complexity index is 672. The Balaban J connectivity index is 1.33. The van der Waals surface area contributed by atoms with Crippen molar-refractivity contribution < 1.29 is 9.52 Å². The van der Waals surface area contributed by atoms with Crippen LogP contribution in [-0.2, 0) is 13.2 Å². The van der Waals surface area contributed by atoms with Crippen molar-refractivity contribution in [2.75, 3.05) is 13.1 Å². The summed E-state index contributed by atoms with van der Waals surface area (Å²) in [6.07, 6.45) is 3.63. The van der Waals surface area contributed by atoms with E-state index in [9.17, 15) is 0 Å². The standard InChI is InChI=1S/C18H23N3O2/c1-13-19-20-17(23-13)16-10-18(16)6-8-21(9-7-18)11-14-2-4-15(12-22)5-3-14/h2-5,16,22H,6-12H2,1H3. The van der Waals surface area contributed by atoms with Crippen LogP contribution in [0, 0.1) is 12.3 Å². The number of hydrogen-bond donors (Lipinski definition) is 1. The summed E-state index contributed by atoms with van der Waals surface area (Å²) in [5.41, 5.74) is 2.70. The van der Waals surface area contributed by atoms with E-state index in [2.05, 4.69) is 27.2 Å². The summed E-state index contributed by atoms with van der Waals surface area (Å²) in [4.78, 5) is 2.52. The number of likely N-dealkylation sites (tertiary alicyclic amines) is 1. The minimum absolute atomic E-state index is 0.114. The summed E-state index contributed by atoms with van der Waals surface area (Å²) in [6.45, 7) is 5.22. The predicted molar refractivity (Wildman–Crippen MR) is 85.7 cm³/mol. The van der Waals surface area contributed by atoms with Crippen LogP contribution in [0.15, 0.2) is 28.7 Å². The van der Waals surface area contributed by atoms with Gasteiger partial charge in [-0.05, 0) is 48.9 Å². The van der Waals surface area contributed by atoms with Crippen LogP contribution in [0.3, 0.4) is 0 Å². The van der Waals surface area contributed by atoms with Crippen molar-refractivity contribution in [1.82, 2.24) is 15.1 Å². The molecule has 4 rings (SSSR count). The van der Waals surface area contributed by atoms with Gasteiger partial charge in [0.15, 0.2) is 0 Å². The van der Waals surface area contributed by atoms with Gasteiger partial charge >= 0.3 is 0 Å². The zero-order chi connectivity index (χ0) is 15.9. The topological polar surface area (TPSA) is 62.4 Å². The third-order valence-electron chi connectivity index (χ3n) is 5.49. The van der Waals surface area contributed by atoms with Crippen LogP contribution < -0.4 is 0 Å². The molecule has 5 nitrogen and oxygen atoms in total. The number of rotatable bonds is 4. The zero-order valence-electron chi connectivity index (χ0n) is 13.5. The number of aromatic nitrogens is 2. The lowest BCUT2D eigenvalue weighted by atomic mass is 9.90. The molecule has 1 aromatic carbocycles. The van der Waals surface area contributed by atoms with E-state index in [4.69, 9.17) is 9.52 Å². The van der Waals surface area contributed by atoms with Gasteiger partial charge in [-0.3, -0.25) is 4.90 Å². The van der Waals surface area contributed by atoms with Crippen molar-refractivity contribution in [3.8, 4) is 0 Å². The van der Waals surface area contributed by atoms with Gasteiger partial charge in [0.25, 0.3) is 0 Å². The predicted octanol–water partition coefficient (Wildman–Crippen LogP) is 2.64. The maximum absolute atomic E-state index is 9.11. The Hall–Kier alpha value is -1.72. The van der Waals surface area contributed by atoms with Gasteiger partial charge in [0.1, 0.15) is 0 Å². The highest BCUT2D eigenvalue weighted by Crippen LogP contribution is 2.64. The van der Waals surface area contributed by atoms with Crippen LogP contribution in [0.25, 0.3) is 0 Å². The molecule has 1 N–H and O–H groups in total. The third-order valence-corrected chi connectivity index (χ3v) is 5.49. The number of nitrogens with zero attached hydrogens (tertiary/aromatic N) is 3. The molecule has 0 bridgehead atoms. The molecule has 0 radical (unpaired) electrons. The summed E-state index contributed by atoms with van der Waals surface area (Å²) < 4.78 is 5.62. The molecule has 23 heavy (non-hydrogen) atoms. The SMILES string of the molecule is Cc1nnc(C2CC23CCN(Cc2ccc(CO)cc2)CC3)o1. The minimum Gasteiger partial charge on any atom is -0.425 e. The molecule has 122 valence electrons. The van der Waals surface area contributed by atoms with Gasteiger partial charge < -0.3 is 9.52 Å². The van der Waals surface area contributed by atoms with E-state index in [1.807, 2.05) is 19.1 Å². The molecular formula is C18H23N3O2. The summed E-state index contributed by atoms with van der Waals surface area (Å²) in [6, 6.07) is 8.26. The van der Waals surface area contributed by atoms with Gasteiger partial charge in [0.2, 0.25) is 11.8 Å². The van der Waals surface area contributed by atoms with Crippen molar-refractivity contribution >= 4 is 0 Å². The third kappa shape index (κ3) is 2.91. The molecule has 1 aliphatic heterocycles. The zero-order valence-corrected chi connectivity index (χ0v) is 13.5. The van der Waals surface area contributed by atoms with Crippen LogP contribution in [-0.4, -0.2) is 33.3 Å². The number of aliphatic hydroxyl groups excluding tert-OH is 1. The summed E-state index contributed by atoms with van der Waals surface area (Å²) in [5.74, 6) is 2.00. The van der Waals surface area contributed by atoms with Gasteiger partial charge in [-0.15, -0.1) is 10.2 Å². The van der Waals surface area contributed by atoms with Gasteiger partial charge in [-0.2, -0.15) is 0 Å². The molecule has 2 aliphatic rings. The monoisotopic (exact) mass is 313 g/mol. The first-order valence-electron chi connectivity index (χ1n) is 8.40. The molecule has 1 atom stereocenters. The van der Waals surface area contributed by atoms with E-state index in [1.54, 1.807) is 0 Å². The highest BCUT2D eigenvalue weighted by molar-refractivity contribution is 5.22. The highest BCUT2D eigenvalue weighted by Gasteiger charge is 2.57. The number of aliphatic hydroxyl groups is 1. The first-order valence-corrected chi connectivity index (χ1v) is 8.40. The molecule has 2 aromatic rings. The fourth-order valence-electron chi connectivity index (χ4n) is 3.87. The Morgan fingerprint density at radius 3 is 2.48 bits per heavy atom. The lowest BCUT2D eigenvalue weighted by molar-refractivity contribution is 0.160.